The lowest BCUT2D eigenvalue weighted by Gasteiger charge is -2.21. The monoisotopic (exact) mass is 367 g/mol. The highest BCUT2D eigenvalue weighted by Crippen LogP contribution is 2.12. The Labute approximate surface area is 125 Å². The van der Waals surface area contributed by atoms with Crippen molar-refractivity contribution in [3.05, 3.63) is 34.9 Å². The summed E-state index contributed by atoms with van der Waals surface area (Å²) in [6.07, 6.45) is 0. The zero-order valence-corrected chi connectivity index (χ0v) is 13.5. The maximum atomic E-state index is 5.94. The molecular formula is C12H19ClIN3. The van der Waals surface area contributed by atoms with Crippen LogP contribution in [0.4, 0.5) is 0 Å². The van der Waals surface area contributed by atoms with Crippen LogP contribution >= 0.6 is 35.6 Å². The van der Waals surface area contributed by atoms with Gasteiger partial charge in [-0.1, -0.05) is 23.7 Å². The fourth-order valence-electron chi connectivity index (χ4n) is 1.53. The average molecular weight is 368 g/mol. The van der Waals surface area contributed by atoms with Gasteiger partial charge in [0.2, 0.25) is 0 Å². The van der Waals surface area contributed by atoms with Crippen molar-refractivity contribution in [3.63, 3.8) is 0 Å². The lowest BCUT2D eigenvalue weighted by molar-refractivity contribution is 0.479. The van der Waals surface area contributed by atoms with E-state index in [2.05, 4.69) is 28.2 Å². The van der Waals surface area contributed by atoms with Crippen LogP contribution in [0.2, 0.25) is 5.02 Å². The minimum absolute atomic E-state index is 0. The van der Waals surface area contributed by atoms with Crippen LogP contribution in [0.25, 0.3) is 0 Å². The molecule has 0 unspecified atom stereocenters. The van der Waals surface area contributed by atoms with Gasteiger partial charge in [-0.3, -0.25) is 4.99 Å². The van der Waals surface area contributed by atoms with Crippen molar-refractivity contribution in [2.45, 2.75) is 13.5 Å². The summed E-state index contributed by atoms with van der Waals surface area (Å²) >= 11 is 5.94. The first-order valence-electron chi connectivity index (χ1n) is 5.33. The van der Waals surface area contributed by atoms with Crippen LogP contribution in [-0.4, -0.2) is 31.5 Å². The summed E-state index contributed by atoms with van der Waals surface area (Å²) in [4.78, 5) is 6.26. The summed E-state index contributed by atoms with van der Waals surface area (Å²) in [7, 11) is 3.79. The second-order valence-corrected chi connectivity index (χ2v) is 4.00. The Morgan fingerprint density at radius 1 is 1.47 bits per heavy atom. The molecule has 3 nitrogen and oxygen atoms in total. The first-order chi connectivity index (χ1) is 7.67. The zero-order valence-electron chi connectivity index (χ0n) is 10.4. The van der Waals surface area contributed by atoms with E-state index in [1.807, 2.05) is 25.2 Å². The minimum atomic E-state index is 0. The van der Waals surface area contributed by atoms with Gasteiger partial charge in [-0.2, -0.15) is 0 Å². The van der Waals surface area contributed by atoms with Crippen molar-refractivity contribution in [2.75, 3.05) is 20.6 Å². The van der Waals surface area contributed by atoms with E-state index in [0.29, 0.717) is 0 Å². The third-order valence-corrected chi connectivity index (χ3v) is 2.45. The highest BCUT2D eigenvalue weighted by Gasteiger charge is 2.05. The van der Waals surface area contributed by atoms with E-state index in [1.54, 1.807) is 7.05 Å². The summed E-state index contributed by atoms with van der Waals surface area (Å²) in [5.41, 5.74) is 1.18. The van der Waals surface area contributed by atoms with E-state index in [9.17, 15) is 0 Å². The van der Waals surface area contributed by atoms with Gasteiger partial charge in [0.25, 0.3) is 0 Å². The van der Waals surface area contributed by atoms with Gasteiger partial charge in [-0.25, -0.2) is 0 Å². The standard InChI is InChI=1S/C12H18ClN3.HI/c1-4-15-12(14-2)16(3)9-10-6-5-7-11(13)8-10;/h5-8H,4,9H2,1-3H3,(H,14,15);1H. The summed E-state index contributed by atoms with van der Waals surface area (Å²) < 4.78 is 0. The lowest BCUT2D eigenvalue weighted by atomic mass is 10.2. The third kappa shape index (κ3) is 5.59. The molecule has 0 saturated heterocycles. The maximum Gasteiger partial charge on any atom is 0.193 e. The molecule has 0 aliphatic heterocycles. The molecule has 1 aromatic carbocycles. The van der Waals surface area contributed by atoms with Crippen LogP contribution in [0, 0.1) is 0 Å². The maximum absolute atomic E-state index is 5.94. The summed E-state index contributed by atoms with van der Waals surface area (Å²) in [6, 6.07) is 7.87. The molecule has 0 saturated carbocycles. The van der Waals surface area contributed by atoms with Gasteiger partial charge in [0.1, 0.15) is 0 Å². The van der Waals surface area contributed by atoms with Crippen LogP contribution in [-0.2, 0) is 6.54 Å². The van der Waals surface area contributed by atoms with Crippen molar-refractivity contribution >= 4 is 41.5 Å². The summed E-state index contributed by atoms with van der Waals surface area (Å²) in [5, 5.41) is 3.98. The van der Waals surface area contributed by atoms with E-state index in [4.69, 9.17) is 11.6 Å². The Morgan fingerprint density at radius 3 is 2.71 bits per heavy atom. The predicted octanol–water partition coefficient (Wildman–Crippen LogP) is 2.99. The number of aliphatic imine (C=N–C) groups is 1. The van der Waals surface area contributed by atoms with Crippen molar-refractivity contribution in [2.24, 2.45) is 4.99 Å². The summed E-state index contributed by atoms with van der Waals surface area (Å²) in [5.74, 6) is 0.891. The Balaban J connectivity index is 0.00000256. The number of rotatable bonds is 3. The molecule has 0 spiro atoms. The van der Waals surface area contributed by atoms with E-state index in [1.165, 1.54) is 5.56 Å². The summed E-state index contributed by atoms with van der Waals surface area (Å²) in [6.45, 7) is 3.71. The highest BCUT2D eigenvalue weighted by atomic mass is 127. The fraction of sp³-hybridized carbons (Fsp3) is 0.417. The van der Waals surface area contributed by atoms with Crippen molar-refractivity contribution in [1.29, 1.82) is 0 Å². The first kappa shape index (κ1) is 16.5. The SMILES string of the molecule is CCNC(=NC)N(C)Cc1cccc(Cl)c1.I. The second kappa shape index (κ2) is 8.58. The zero-order chi connectivity index (χ0) is 12.0. The number of halogens is 2. The molecule has 0 atom stereocenters. The molecule has 5 heteroatoms. The molecule has 1 aromatic rings. The van der Waals surface area contributed by atoms with E-state index >= 15 is 0 Å². The van der Waals surface area contributed by atoms with Gasteiger partial charge in [-0.05, 0) is 24.6 Å². The molecule has 0 aromatic heterocycles. The molecule has 0 radical (unpaired) electrons. The number of hydrogen-bond acceptors (Lipinski definition) is 1. The number of nitrogens with zero attached hydrogens (tertiary/aromatic N) is 2. The quantitative estimate of drug-likeness (QED) is 0.505. The molecule has 1 rings (SSSR count). The van der Waals surface area contributed by atoms with Crippen LogP contribution in [0.1, 0.15) is 12.5 Å². The van der Waals surface area contributed by atoms with Gasteiger partial charge >= 0.3 is 0 Å². The molecule has 0 heterocycles. The van der Waals surface area contributed by atoms with E-state index in [0.717, 1.165) is 24.1 Å². The molecule has 0 aliphatic rings. The molecule has 96 valence electrons. The van der Waals surface area contributed by atoms with Gasteiger partial charge in [0, 0.05) is 32.2 Å². The van der Waals surface area contributed by atoms with Gasteiger partial charge < -0.3 is 10.2 Å². The van der Waals surface area contributed by atoms with Crippen LogP contribution in [0.15, 0.2) is 29.3 Å². The van der Waals surface area contributed by atoms with E-state index < -0.39 is 0 Å². The normalized spacial score (nSPS) is 10.7. The average Bonchev–Trinajstić information content (AvgIpc) is 2.25. The number of hydrogen-bond donors (Lipinski definition) is 1. The molecule has 0 fully saturated rings. The Kier molecular flexibility index (Phi) is 8.33. The Hall–Kier alpha value is -0.490. The molecular weight excluding hydrogens is 349 g/mol. The number of nitrogens with one attached hydrogen (secondary N) is 1. The Morgan fingerprint density at radius 2 is 2.18 bits per heavy atom. The van der Waals surface area contributed by atoms with Crippen molar-refractivity contribution in [1.82, 2.24) is 10.2 Å². The van der Waals surface area contributed by atoms with Crippen LogP contribution in [0.5, 0.6) is 0 Å². The molecule has 1 N–H and O–H groups in total. The molecule has 0 bridgehead atoms. The third-order valence-electron chi connectivity index (χ3n) is 2.22. The first-order valence-corrected chi connectivity index (χ1v) is 5.71. The largest absolute Gasteiger partial charge is 0.357 e. The van der Waals surface area contributed by atoms with Gasteiger partial charge in [-0.15, -0.1) is 24.0 Å². The lowest BCUT2D eigenvalue weighted by Crippen LogP contribution is -2.38. The fourth-order valence-corrected chi connectivity index (χ4v) is 1.74. The number of guanidine groups is 1. The van der Waals surface area contributed by atoms with Gasteiger partial charge in [0.15, 0.2) is 5.96 Å². The number of benzene rings is 1. The Bertz CT molecular complexity index is 369. The topological polar surface area (TPSA) is 27.6 Å². The predicted molar refractivity (Wildman–Crippen MR) is 85.4 cm³/mol. The molecule has 0 amide bonds. The second-order valence-electron chi connectivity index (χ2n) is 3.56. The molecule has 0 aliphatic carbocycles. The van der Waals surface area contributed by atoms with Crippen molar-refractivity contribution < 1.29 is 0 Å². The van der Waals surface area contributed by atoms with Crippen LogP contribution in [0.3, 0.4) is 0 Å². The van der Waals surface area contributed by atoms with Crippen molar-refractivity contribution in [3.8, 4) is 0 Å². The van der Waals surface area contributed by atoms with Gasteiger partial charge in [0.05, 0.1) is 0 Å². The van der Waals surface area contributed by atoms with E-state index in [-0.39, 0.29) is 24.0 Å². The smallest absolute Gasteiger partial charge is 0.193 e. The van der Waals surface area contributed by atoms with Crippen LogP contribution < -0.4 is 5.32 Å². The minimum Gasteiger partial charge on any atom is -0.357 e. The highest BCUT2D eigenvalue weighted by molar-refractivity contribution is 14.0. The molecule has 17 heavy (non-hydrogen) atoms.